The zero-order valence-corrected chi connectivity index (χ0v) is 15.1. The average Bonchev–Trinajstić information content (AvgIpc) is 2.28. The van der Waals surface area contributed by atoms with Gasteiger partial charge in [-0.15, -0.1) is 0 Å². The molecule has 1 rings (SSSR count). The van der Waals surface area contributed by atoms with Crippen molar-refractivity contribution in [3.8, 4) is 5.40 Å². The second-order valence-electron chi connectivity index (χ2n) is 7.23. The van der Waals surface area contributed by atoms with Gasteiger partial charge in [-0.25, -0.2) is 4.79 Å². The summed E-state index contributed by atoms with van der Waals surface area (Å²) in [7, 11) is 0. The molecule has 0 saturated carbocycles. The molecule has 5 heteroatoms. The van der Waals surface area contributed by atoms with Crippen LogP contribution in [-0.2, 0) is 10.2 Å². The Kier molecular flexibility index (Phi) is 5.53. The van der Waals surface area contributed by atoms with E-state index in [1.165, 1.54) is 0 Å². The molecule has 1 aromatic rings. The van der Waals surface area contributed by atoms with E-state index in [1.807, 2.05) is 39.8 Å². The van der Waals surface area contributed by atoms with E-state index in [4.69, 9.17) is 10.00 Å². The SMILES string of the molecule is Cc1cc(SC#N)c(C(C)(C)C)cc1NC(=O)OC(C)(C)C. The number of rotatable bonds is 2. The lowest BCUT2D eigenvalue weighted by Gasteiger charge is -2.25. The molecular formula is C17H24N2O2S. The van der Waals surface area contributed by atoms with Crippen molar-refractivity contribution in [2.24, 2.45) is 0 Å². The highest BCUT2D eigenvalue weighted by atomic mass is 32.2. The summed E-state index contributed by atoms with van der Waals surface area (Å²) in [6.45, 7) is 13.6. The molecule has 22 heavy (non-hydrogen) atoms. The summed E-state index contributed by atoms with van der Waals surface area (Å²) < 4.78 is 5.29. The Labute approximate surface area is 137 Å². The number of hydrogen-bond acceptors (Lipinski definition) is 4. The maximum Gasteiger partial charge on any atom is 0.412 e. The Morgan fingerprint density at radius 1 is 1.23 bits per heavy atom. The number of aryl methyl sites for hydroxylation is 1. The molecule has 0 radical (unpaired) electrons. The van der Waals surface area contributed by atoms with Gasteiger partial charge < -0.3 is 4.74 Å². The first-order chi connectivity index (χ1) is 9.94. The molecule has 0 fully saturated rings. The number of hydrogen-bond donors (Lipinski definition) is 1. The van der Waals surface area contributed by atoms with Crippen molar-refractivity contribution in [2.75, 3.05) is 5.32 Å². The van der Waals surface area contributed by atoms with Gasteiger partial charge in [-0.3, -0.25) is 5.32 Å². The third-order valence-electron chi connectivity index (χ3n) is 2.93. The van der Waals surface area contributed by atoms with Crippen LogP contribution in [-0.4, -0.2) is 11.7 Å². The molecule has 0 unspecified atom stereocenters. The smallest absolute Gasteiger partial charge is 0.412 e. The number of amides is 1. The van der Waals surface area contributed by atoms with Gasteiger partial charge in [0.15, 0.2) is 0 Å². The summed E-state index contributed by atoms with van der Waals surface area (Å²) in [4.78, 5) is 12.9. The standard InChI is InChI=1S/C17H24N2O2S/c1-11-8-14(22-10-18)12(16(2,3)4)9-13(11)19-15(20)21-17(5,6)7/h8-9H,1-7H3,(H,19,20). The molecular weight excluding hydrogens is 296 g/mol. The fourth-order valence-corrected chi connectivity index (χ4v) is 2.76. The van der Waals surface area contributed by atoms with Gasteiger partial charge >= 0.3 is 6.09 Å². The maximum absolute atomic E-state index is 12.0. The number of carbonyl (C=O) groups is 1. The van der Waals surface area contributed by atoms with E-state index in [9.17, 15) is 4.79 Å². The van der Waals surface area contributed by atoms with Crippen LogP contribution in [0.4, 0.5) is 10.5 Å². The largest absolute Gasteiger partial charge is 0.444 e. The van der Waals surface area contributed by atoms with E-state index >= 15 is 0 Å². The average molecular weight is 320 g/mol. The molecule has 120 valence electrons. The molecule has 1 amide bonds. The van der Waals surface area contributed by atoms with Crippen LogP contribution in [0.25, 0.3) is 0 Å². The first kappa shape index (κ1) is 18.4. The van der Waals surface area contributed by atoms with Crippen molar-refractivity contribution in [1.29, 1.82) is 5.26 Å². The zero-order valence-electron chi connectivity index (χ0n) is 14.3. The van der Waals surface area contributed by atoms with Crippen LogP contribution in [0.3, 0.4) is 0 Å². The lowest BCUT2D eigenvalue weighted by molar-refractivity contribution is 0.0636. The van der Waals surface area contributed by atoms with Crippen molar-refractivity contribution in [2.45, 2.75) is 64.4 Å². The summed E-state index contributed by atoms with van der Waals surface area (Å²) in [5, 5.41) is 13.9. The Bertz CT molecular complexity index is 605. The van der Waals surface area contributed by atoms with Gasteiger partial charge in [0.2, 0.25) is 0 Å². The number of thioether (sulfide) groups is 1. The highest BCUT2D eigenvalue weighted by Gasteiger charge is 2.22. The third kappa shape index (κ3) is 5.27. The van der Waals surface area contributed by atoms with E-state index in [0.717, 1.165) is 27.8 Å². The van der Waals surface area contributed by atoms with Crippen molar-refractivity contribution in [3.63, 3.8) is 0 Å². The molecule has 0 aromatic heterocycles. The molecule has 1 aromatic carbocycles. The predicted molar refractivity (Wildman–Crippen MR) is 91.2 cm³/mol. The molecule has 1 N–H and O–H groups in total. The quantitative estimate of drug-likeness (QED) is 0.600. The first-order valence-corrected chi connectivity index (χ1v) is 7.97. The van der Waals surface area contributed by atoms with Gasteiger partial charge in [0.1, 0.15) is 11.0 Å². The molecule has 0 aliphatic rings. The van der Waals surface area contributed by atoms with E-state index in [2.05, 4.69) is 31.5 Å². The molecule has 0 spiro atoms. The molecule has 4 nitrogen and oxygen atoms in total. The van der Waals surface area contributed by atoms with Crippen LogP contribution in [0.1, 0.15) is 52.7 Å². The lowest BCUT2D eigenvalue weighted by atomic mass is 9.86. The number of nitrogens with one attached hydrogen (secondary N) is 1. The number of carbonyl (C=O) groups excluding carboxylic acids is 1. The second-order valence-corrected chi connectivity index (χ2v) is 8.06. The predicted octanol–water partition coefficient (Wildman–Crippen LogP) is 5.21. The van der Waals surface area contributed by atoms with Crippen LogP contribution < -0.4 is 5.32 Å². The Hall–Kier alpha value is -1.67. The van der Waals surface area contributed by atoms with Crippen LogP contribution >= 0.6 is 11.8 Å². The minimum atomic E-state index is -0.540. The molecule has 0 aliphatic carbocycles. The van der Waals surface area contributed by atoms with Gasteiger partial charge in [0.05, 0.1) is 0 Å². The summed E-state index contributed by atoms with van der Waals surface area (Å²) in [5.41, 5.74) is 1.97. The van der Waals surface area contributed by atoms with Crippen molar-refractivity contribution < 1.29 is 9.53 Å². The number of thiocyanates is 1. The van der Waals surface area contributed by atoms with E-state index in [1.54, 1.807) is 0 Å². The van der Waals surface area contributed by atoms with Crippen molar-refractivity contribution >= 4 is 23.5 Å². The molecule has 0 bridgehead atoms. The third-order valence-corrected chi connectivity index (χ3v) is 3.57. The zero-order chi connectivity index (χ0) is 17.1. The first-order valence-electron chi connectivity index (χ1n) is 7.15. The maximum atomic E-state index is 12.0. The van der Waals surface area contributed by atoms with Crippen LogP contribution in [0.5, 0.6) is 0 Å². The summed E-state index contributed by atoms with van der Waals surface area (Å²) >= 11 is 1.14. The highest BCUT2D eigenvalue weighted by Crippen LogP contribution is 2.36. The number of ether oxygens (including phenoxy) is 1. The van der Waals surface area contributed by atoms with Crippen molar-refractivity contribution in [1.82, 2.24) is 0 Å². The lowest BCUT2D eigenvalue weighted by Crippen LogP contribution is -2.27. The second kappa shape index (κ2) is 6.62. The Morgan fingerprint density at radius 2 is 1.82 bits per heavy atom. The molecule has 0 aliphatic heterocycles. The Morgan fingerprint density at radius 3 is 2.27 bits per heavy atom. The van der Waals surface area contributed by atoms with Gasteiger partial charge in [0.25, 0.3) is 0 Å². The summed E-state index contributed by atoms with van der Waals surface area (Å²) in [6, 6.07) is 3.86. The minimum Gasteiger partial charge on any atom is -0.444 e. The van der Waals surface area contributed by atoms with E-state index in [0.29, 0.717) is 5.69 Å². The Balaban J connectivity index is 3.17. The van der Waals surface area contributed by atoms with Crippen LogP contribution in [0, 0.1) is 17.6 Å². The number of anilines is 1. The number of nitrogens with zero attached hydrogens (tertiary/aromatic N) is 1. The van der Waals surface area contributed by atoms with Gasteiger partial charge in [0, 0.05) is 10.6 Å². The number of benzene rings is 1. The van der Waals surface area contributed by atoms with Gasteiger partial charge in [-0.05, 0) is 68.1 Å². The fourth-order valence-electron chi connectivity index (χ4n) is 1.95. The molecule has 0 atom stereocenters. The number of nitriles is 1. The van der Waals surface area contributed by atoms with Gasteiger partial charge in [-0.2, -0.15) is 5.26 Å². The van der Waals surface area contributed by atoms with Crippen molar-refractivity contribution in [3.05, 3.63) is 23.3 Å². The topological polar surface area (TPSA) is 62.1 Å². The van der Waals surface area contributed by atoms with Crippen LogP contribution in [0.2, 0.25) is 0 Å². The van der Waals surface area contributed by atoms with E-state index < -0.39 is 11.7 Å². The molecule has 0 saturated heterocycles. The molecule has 0 heterocycles. The highest BCUT2D eigenvalue weighted by molar-refractivity contribution is 8.03. The van der Waals surface area contributed by atoms with Gasteiger partial charge in [-0.1, -0.05) is 20.8 Å². The minimum absolute atomic E-state index is 0.128. The normalized spacial score (nSPS) is 11.7. The van der Waals surface area contributed by atoms with E-state index in [-0.39, 0.29) is 5.41 Å². The monoisotopic (exact) mass is 320 g/mol. The van der Waals surface area contributed by atoms with Crippen LogP contribution in [0.15, 0.2) is 17.0 Å². The summed E-state index contributed by atoms with van der Waals surface area (Å²) in [5.74, 6) is 0. The summed E-state index contributed by atoms with van der Waals surface area (Å²) in [6.07, 6.45) is -0.476. The fraction of sp³-hybridized carbons (Fsp3) is 0.529.